The molecule has 0 radical (unpaired) electrons. The van der Waals surface area contributed by atoms with E-state index >= 15 is 0 Å². The number of amides is 1. The van der Waals surface area contributed by atoms with Crippen molar-refractivity contribution in [2.75, 3.05) is 40.6 Å². The Morgan fingerprint density at radius 1 is 0.970 bits per heavy atom. The number of nitrogens with one attached hydrogen (secondary N) is 1. The average molecular weight is 473 g/mol. The zero-order valence-corrected chi connectivity index (χ0v) is 20.8. The van der Waals surface area contributed by atoms with Gasteiger partial charge >= 0.3 is 0 Å². The van der Waals surface area contributed by atoms with E-state index in [1.807, 2.05) is 0 Å². The maximum Gasteiger partial charge on any atom is 0.217 e. The van der Waals surface area contributed by atoms with Gasteiger partial charge in [0, 0.05) is 27.2 Å². The number of hydrogen-bond acceptors (Lipinski definition) is 8. The molecule has 4 saturated heterocycles. The molecule has 6 aliphatic rings. The molecule has 6 fully saturated rings. The van der Waals surface area contributed by atoms with Gasteiger partial charge in [-0.25, -0.2) is 0 Å². The van der Waals surface area contributed by atoms with E-state index in [1.54, 1.807) is 14.2 Å². The third-order valence-electron chi connectivity index (χ3n) is 8.55. The number of methoxy groups -OCH3 is 2. The summed E-state index contributed by atoms with van der Waals surface area (Å²) in [6, 6.07) is 0.0594. The highest BCUT2D eigenvalue weighted by molar-refractivity contribution is 5.73. The minimum absolute atomic E-state index is 0.000764. The van der Waals surface area contributed by atoms with Crippen molar-refractivity contribution in [1.29, 1.82) is 0 Å². The smallest absolute Gasteiger partial charge is 0.217 e. The highest BCUT2D eigenvalue weighted by Gasteiger charge is 2.63. The predicted molar refractivity (Wildman–Crippen MR) is 122 cm³/mol. The summed E-state index contributed by atoms with van der Waals surface area (Å²) in [5, 5.41) is 22.0. The highest BCUT2D eigenvalue weighted by atomic mass is 16.6. The number of nitrogens with two attached hydrogens (primary N) is 1. The number of hydrogen-bond donors (Lipinski definition) is 4. The van der Waals surface area contributed by atoms with Crippen LogP contribution >= 0.6 is 0 Å². The minimum Gasteiger partial charge on any atom is -0.393 e. The Morgan fingerprint density at radius 2 is 1.45 bits per heavy atom. The molecule has 4 bridgehead atoms. The predicted octanol–water partition coefficient (Wildman–Crippen LogP) is 0.450. The second-order valence-electron chi connectivity index (χ2n) is 10.2. The Labute approximate surface area is 197 Å². The van der Waals surface area contributed by atoms with Crippen LogP contribution in [0.15, 0.2) is 0 Å². The molecule has 10 atom stereocenters. The third-order valence-corrected chi connectivity index (χ3v) is 8.55. The minimum atomic E-state index is -0.405. The molecule has 4 aliphatic heterocycles. The normalized spacial score (nSPS) is 45.2. The van der Waals surface area contributed by atoms with Gasteiger partial charge in [-0.3, -0.25) is 4.79 Å². The lowest BCUT2D eigenvalue weighted by Crippen LogP contribution is -2.73. The molecule has 33 heavy (non-hydrogen) atoms. The highest BCUT2D eigenvalue weighted by Crippen LogP contribution is 2.56. The Bertz CT molecular complexity index is 663. The molecular formula is C24H44N2O7. The summed E-state index contributed by atoms with van der Waals surface area (Å²) < 4.78 is 22.3. The molecule has 6 rings (SSSR count). The van der Waals surface area contributed by atoms with Crippen LogP contribution in [0, 0.1) is 23.7 Å². The first kappa shape index (κ1) is 26.8. The van der Waals surface area contributed by atoms with E-state index in [2.05, 4.69) is 19.2 Å². The van der Waals surface area contributed by atoms with Crippen LogP contribution in [-0.4, -0.2) is 92.3 Å². The summed E-state index contributed by atoms with van der Waals surface area (Å²) >= 11 is 0. The van der Waals surface area contributed by atoms with Gasteiger partial charge in [0.25, 0.3) is 0 Å². The van der Waals surface area contributed by atoms with Crippen LogP contribution in [0.5, 0.6) is 0 Å². The van der Waals surface area contributed by atoms with E-state index in [4.69, 9.17) is 24.7 Å². The first-order chi connectivity index (χ1) is 15.8. The van der Waals surface area contributed by atoms with Crippen LogP contribution < -0.4 is 11.1 Å². The van der Waals surface area contributed by atoms with Crippen molar-refractivity contribution < 1.29 is 34.0 Å². The Balaban J connectivity index is 0.000000189. The lowest BCUT2D eigenvalue weighted by molar-refractivity contribution is -0.292. The van der Waals surface area contributed by atoms with E-state index in [0.717, 1.165) is 25.7 Å². The summed E-state index contributed by atoms with van der Waals surface area (Å²) in [5.41, 5.74) is 5.41. The molecule has 0 spiro atoms. The molecule has 192 valence electrons. The van der Waals surface area contributed by atoms with Gasteiger partial charge in [0.1, 0.15) is 6.10 Å². The van der Waals surface area contributed by atoms with Gasteiger partial charge in [-0.2, -0.15) is 0 Å². The molecule has 2 aliphatic carbocycles. The molecule has 0 aromatic carbocycles. The van der Waals surface area contributed by atoms with Crippen molar-refractivity contribution >= 4 is 5.91 Å². The summed E-state index contributed by atoms with van der Waals surface area (Å²) in [6.07, 6.45) is 3.51. The van der Waals surface area contributed by atoms with Crippen molar-refractivity contribution in [3.63, 3.8) is 0 Å². The molecular weight excluding hydrogens is 428 g/mol. The SMILES string of the molecule is CCC1C2CC1(CO)OC(COC)C2N.CCC1C2CC1(CO)OC(COC)C2NC(C)=O. The van der Waals surface area contributed by atoms with Gasteiger partial charge in [-0.05, 0) is 36.5 Å². The van der Waals surface area contributed by atoms with Gasteiger partial charge in [0.15, 0.2) is 0 Å². The van der Waals surface area contributed by atoms with E-state index in [1.165, 1.54) is 6.92 Å². The Hall–Kier alpha value is -0.810. The van der Waals surface area contributed by atoms with E-state index in [9.17, 15) is 15.0 Å². The molecule has 9 heteroatoms. The van der Waals surface area contributed by atoms with Crippen LogP contribution in [0.3, 0.4) is 0 Å². The number of aliphatic hydroxyl groups is 2. The van der Waals surface area contributed by atoms with Gasteiger partial charge in [0.05, 0.1) is 49.8 Å². The number of rotatable bonds is 9. The molecule has 9 nitrogen and oxygen atoms in total. The first-order valence-corrected chi connectivity index (χ1v) is 12.3. The second kappa shape index (κ2) is 10.8. The maximum absolute atomic E-state index is 11.3. The van der Waals surface area contributed by atoms with Crippen molar-refractivity contribution in [2.45, 2.75) is 81.9 Å². The van der Waals surface area contributed by atoms with Gasteiger partial charge in [0.2, 0.25) is 5.91 Å². The molecule has 0 aromatic heterocycles. The number of fused-ring (bicyclic) bond motifs is 4. The van der Waals surface area contributed by atoms with Crippen LogP contribution in [0.2, 0.25) is 0 Å². The zero-order chi connectivity index (χ0) is 24.4. The topological polar surface area (TPSA) is 132 Å². The lowest BCUT2D eigenvalue weighted by Gasteiger charge is -2.63. The van der Waals surface area contributed by atoms with Gasteiger partial charge in [-0.1, -0.05) is 26.7 Å². The summed E-state index contributed by atoms with van der Waals surface area (Å²) in [6.45, 7) is 6.89. The largest absolute Gasteiger partial charge is 0.393 e. The Kier molecular flexibility index (Phi) is 8.81. The fraction of sp³-hybridized carbons (Fsp3) is 0.958. The number of carbonyl (C=O) groups excluding carboxylic acids is 1. The fourth-order valence-electron chi connectivity index (χ4n) is 7.04. The molecule has 0 aromatic rings. The van der Waals surface area contributed by atoms with Gasteiger partial charge < -0.3 is 40.2 Å². The first-order valence-electron chi connectivity index (χ1n) is 12.3. The molecule has 1 amide bonds. The zero-order valence-electron chi connectivity index (χ0n) is 20.8. The summed E-state index contributed by atoms with van der Waals surface area (Å²) in [4.78, 5) is 11.3. The molecule has 4 heterocycles. The Morgan fingerprint density at radius 3 is 1.94 bits per heavy atom. The molecule has 10 unspecified atom stereocenters. The second-order valence-corrected chi connectivity index (χ2v) is 10.2. The monoisotopic (exact) mass is 472 g/mol. The average Bonchev–Trinajstić information content (AvgIpc) is 2.76. The van der Waals surface area contributed by atoms with E-state index < -0.39 is 5.60 Å². The van der Waals surface area contributed by atoms with Crippen LogP contribution in [0.4, 0.5) is 0 Å². The maximum atomic E-state index is 11.3. The van der Waals surface area contributed by atoms with Crippen molar-refractivity contribution in [3.05, 3.63) is 0 Å². The van der Waals surface area contributed by atoms with Crippen LogP contribution in [0.25, 0.3) is 0 Å². The van der Waals surface area contributed by atoms with Crippen molar-refractivity contribution in [2.24, 2.45) is 29.4 Å². The van der Waals surface area contributed by atoms with Crippen molar-refractivity contribution in [1.82, 2.24) is 5.32 Å². The molecule has 2 saturated carbocycles. The number of ether oxygens (including phenoxy) is 4. The molecule has 5 N–H and O–H groups in total. The van der Waals surface area contributed by atoms with Crippen LogP contribution in [-0.2, 0) is 23.7 Å². The number of carbonyl (C=O) groups is 1. The van der Waals surface area contributed by atoms with E-state index in [0.29, 0.717) is 36.9 Å². The van der Waals surface area contributed by atoms with Crippen LogP contribution in [0.1, 0.15) is 46.5 Å². The summed E-state index contributed by atoms with van der Waals surface area (Å²) in [7, 11) is 3.27. The lowest BCUT2D eigenvalue weighted by atomic mass is 9.55. The fourth-order valence-corrected chi connectivity index (χ4v) is 7.04. The van der Waals surface area contributed by atoms with Gasteiger partial charge in [-0.15, -0.1) is 0 Å². The van der Waals surface area contributed by atoms with E-state index in [-0.39, 0.29) is 49.0 Å². The standard InChI is InChI=1S/C13H23NO4.C11H21NO3/c1-4-10-9-5-13(10,7-15)18-11(6-17-3)12(9)14-8(2)16;1-3-8-7-4-11(8,6-13)15-9(5-14-2)10(7)12/h9-12,15H,4-7H2,1-3H3,(H,14,16);7-10,13H,3-6,12H2,1-2H3. The quantitative estimate of drug-likeness (QED) is 0.380. The number of aliphatic hydroxyl groups excluding tert-OH is 2. The third kappa shape index (κ3) is 4.70. The summed E-state index contributed by atoms with van der Waals surface area (Å²) in [5.74, 6) is 1.59. The van der Waals surface area contributed by atoms with Crippen molar-refractivity contribution in [3.8, 4) is 0 Å².